The van der Waals surface area contributed by atoms with Crippen molar-refractivity contribution in [2.45, 2.75) is 4.90 Å². The molecule has 0 spiro atoms. The molecule has 8 heteroatoms. The fourth-order valence-corrected chi connectivity index (χ4v) is 3.16. The Labute approximate surface area is 141 Å². The predicted molar refractivity (Wildman–Crippen MR) is 86.8 cm³/mol. The van der Waals surface area contributed by atoms with Crippen LogP contribution in [0.4, 0.5) is 0 Å². The minimum absolute atomic E-state index is 0.137. The van der Waals surface area contributed by atoms with Gasteiger partial charge in [-0.1, -0.05) is 15.9 Å². The lowest BCUT2D eigenvalue weighted by atomic mass is 10.2. The van der Waals surface area contributed by atoms with Crippen LogP contribution in [0.5, 0.6) is 11.5 Å². The van der Waals surface area contributed by atoms with E-state index in [0.29, 0.717) is 0 Å². The molecule has 0 aromatic heterocycles. The first-order valence-corrected chi connectivity index (χ1v) is 8.91. The molecule has 0 aliphatic rings. The minimum Gasteiger partial charge on any atom is -0.507 e. The molecule has 2 N–H and O–H groups in total. The Kier molecular flexibility index (Phi) is 5.27. The monoisotopic (exact) mass is 400 g/mol. The van der Waals surface area contributed by atoms with Gasteiger partial charge >= 0.3 is 5.97 Å². The molecule has 0 atom stereocenters. The van der Waals surface area contributed by atoms with Crippen molar-refractivity contribution in [1.82, 2.24) is 0 Å². The van der Waals surface area contributed by atoms with Gasteiger partial charge < -0.3 is 14.9 Å². The molecule has 0 amide bonds. The number of rotatable bonds is 6. The van der Waals surface area contributed by atoms with Crippen LogP contribution in [0.2, 0.25) is 0 Å². The summed E-state index contributed by atoms with van der Waals surface area (Å²) in [5, 5.41) is 18.3. The first kappa shape index (κ1) is 17.3. The average Bonchev–Trinajstić information content (AvgIpc) is 2.49. The molecule has 0 heterocycles. The zero-order valence-electron chi connectivity index (χ0n) is 11.8. The van der Waals surface area contributed by atoms with E-state index in [9.17, 15) is 18.3 Å². The maximum absolute atomic E-state index is 12.1. The van der Waals surface area contributed by atoms with Crippen molar-refractivity contribution in [3.63, 3.8) is 0 Å². The van der Waals surface area contributed by atoms with Crippen molar-refractivity contribution in [3.05, 3.63) is 52.5 Å². The largest absolute Gasteiger partial charge is 0.507 e. The summed E-state index contributed by atoms with van der Waals surface area (Å²) in [6.07, 6.45) is 0. The molecule has 2 rings (SSSR count). The Bertz CT molecular complexity index is 814. The molecule has 0 fully saturated rings. The van der Waals surface area contributed by atoms with Crippen molar-refractivity contribution < 1.29 is 28.2 Å². The van der Waals surface area contributed by atoms with Crippen molar-refractivity contribution >= 4 is 31.7 Å². The summed E-state index contributed by atoms with van der Waals surface area (Å²) in [4.78, 5) is 11.1. The number of halogens is 1. The number of carbonyl (C=O) groups is 1. The van der Waals surface area contributed by atoms with Gasteiger partial charge in [0.2, 0.25) is 0 Å². The molecular weight excluding hydrogens is 388 g/mol. The molecule has 122 valence electrons. The maximum Gasteiger partial charge on any atom is 0.339 e. The molecule has 23 heavy (non-hydrogen) atoms. The van der Waals surface area contributed by atoms with Crippen LogP contribution in [0.25, 0.3) is 0 Å². The van der Waals surface area contributed by atoms with Gasteiger partial charge in [-0.15, -0.1) is 0 Å². The normalized spacial score (nSPS) is 11.2. The first-order valence-electron chi connectivity index (χ1n) is 6.47. The molecule has 0 saturated carbocycles. The van der Waals surface area contributed by atoms with Crippen LogP contribution in [-0.4, -0.2) is 37.0 Å². The van der Waals surface area contributed by atoms with Gasteiger partial charge in [-0.25, -0.2) is 13.2 Å². The minimum atomic E-state index is -3.49. The van der Waals surface area contributed by atoms with Crippen LogP contribution in [0, 0.1) is 0 Å². The summed E-state index contributed by atoms with van der Waals surface area (Å²) in [6.45, 7) is -0.137. The van der Waals surface area contributed by atoms with Crippen molar-refractivity contribution in [2.75, 3.05) is 12.4 Å². The van der Waals surface area contributed by atoms with E-state index in [0.717, 1.165) is 10.5 Å². The zero-order valence-corrected chi connectivity index (χ0v) is 14.2. The first-order chi connectivity index (χ1) is 10.8. The molecule has 0 unspecified atom stereocenters. The number of carboxylic acid groups (broad SMARTS) is 1. The van der Waals surface area contributed by atoms with E-state index in [1.165, 1.54) is 24.3 Å². The van der Waals surface area contributed by atoms with Crippen LogP contribution in [-0.2, 0) is 9.84 Å². The molecular formula is C15H13BrO6S. The van der Waals surface area contributed by atoms with Gasteiger partial charge in [-0.3, -0.25) is 0 Å². The predicted octanol–water partition coefficient (Wildman–Crippen LogP) is 2.71. The molecule has 0 bridgehead atoms. The van der Waals surface area contributed by atoms with Crippen LogP contribution in [0.15, 0.2) is 51.8 Å². The summed E-state index contributed by atoms with van der Waals surface area (Å²) in [5.41, 5.74) is -0.307. The van der Waals surface area contributed by atoms with E-state index >= 15 is 0 Å². The van der Waals surface area contributed by atoms with E-state index in [1.807, 2.05) is 0 Å². The van der Waals surface area contributed by atoms with Gasteiger partial charge in [0.25, 0.3) is 0 Å². The van der Waals surface area contributed by atoms with E-state index < -0.39 is 15.8 Å². The quantitative estimate of drug-likeness (QED) is 0.772. The van der Waals surface area contributed by atoms with E-state index in [4.69, 9.17) is 9.84 Å². The van der Waals surface area contributed by atoms with Crippen molar-refractivity contribution in [2.24, 2.45) is 0 Å². The smallest absolute Gasteiger partial charge is 0.339 e. The third-order valence-corrected chi connectivity index (χ3v) is 5.22. The highest BCUT2D eigenvalue weighted by Gasteiger charge is 2.15. The van der Waals surface area contributed by atoms with Crippen LogP contribution in [0.1, 0.15) is 10.4 Å². The molecule has 0 aliphatic heterocycles. The Morgan fingerprint density at radius 3 is 2.39 bits per heavy atom. The zero-order chi connectivity index (χ0) is 17.0. The number of carboxylic acids is 1. The summed E-state index contributed by atoms with van der Waals surface area (Å²) < 4.78 is 30.3. The number of hydrogen-bond donors (Lipinski definition) is 2. The Hall–Kier alpha value is -2.06. The average molecular weight is 401 g/mol. The van der Waals surface area contributed by atoms with Gasteiger partial charge in [0.15, 0.2) is 9.84 Å². The fraction of sp³-hybridized carbons (Fsp3) is 0.133. The highest BCUT2D eigenvalue weighted by molar-refractivity contribution is 9.10. The second kappa shape index (κ2) is 7.01. The molecule has 2 aromatic carbocycles. The summed E-state index contributed by atoms with van der Waals surface area (Å²) >= 11 is 3.23. The molecule has 0 saturated heterocycles. The summed E-state index contributed by atoms with van der Waals surface area (Å²) in [6, 6.07) is 9.94. The fourth-order valence-electron chi connectivity index (χ4n) is 1.81. The number of phenols is 1. The second-order valence-corrected chi connectivity index (χ2v) is 7.63. The maximum atomic E-state index is 12.1. The number of hydrogen-bond acceptors (Lipinski definition) is 5. The number of aromatic carboxylic acids is 1. The van der Waals surface area contributed by atoms with Gasteiger partial charge in [0.1, 0.15) is 23.7 Å². The number of sulfone groups is 1. The van der Waals surface area contributed by atoms with E-state index in [1.54, 1.807) is 12.1 Å². The van der Waals surface area contributed by atoms with Crippen molar-refractivity contribution in [1.29, 1.82) is 0 Å². The standard InChI is InChI=1S/C15H13BrO6S/c16-10-1-4-12(5-2-10)23(20,21)8-7-22-11-3-6-14(17)13(9-11)15(18)19/h1-6,9,17H,7-8H2,(H,18,19). The highest BCUT2D eigenvalue weighted by atomic mass is 79.9. The molecule has 0 radical (unpaired) electrons. The van der Waals surface area contributed by atoms with Gasteiger partial charge in [-0.2, -0.15) is 0 Å². The lowest BCUT2D eigenvalue weighted by Crippen LogP contribution is -2.14. The summed E-state index contributed by atoms with van der Waals surface area (Å²) in [5.74, 6) is -1.76. The summed E-state index contributed by atoms with van der Waals surface area (Å²) in [7, 11) is -3.49. The lowest BCUT2D eigenvalue weighted by Gasteiger charge is -2.09. The number of benzene rings is 2. The topological polar surface area (TPSA) is 101 Å². The lowest BCUT2D eigenvalue weighted by molar-refractivity contribution is 0.0693. The SMILES string of the molecule is O=C(O)c1cc(OCCS(=O)(=O)c2ccc(Br)cc2)ccc1O. The van der Waals surface area contributed by atoms with Gasteiger partial charge in [0.05, 0.1) is 10.6 Å². The van der Waals surface area contributed by atoms with E-state index in [2.05, 4.69) is 15.9 Å². The van der Waals surface area contributed by atoms with Gasteiger partial charge in [0, 0.05) is 4.47 Å². The third kappa shape index (κ3) is 4.46. The molecule has 0 aliphatic carbocycles. The second-order valence-electron chi connectivity index (χ2n) is 4.61. The Morgan fingerprint density at radius 1 is 1.13 bits per heavy atom. The molecule has 2 aromatic rings. The van der Waals surface area contributed by atoms with Crippen LogP contribution in [0.3, 0.4) is 0 Å². The Balaban J connectivity index is 2.03. The number of ether oxygens (including phenoxy) is 1. The van der Waals surface area contributed by atoms with Crippen molar-refractivity contribution in [3.8, 4) is 11.5 Å². The highest BCUT2D eigenvalue weighted by Crippen LogP contribution is 2.23. The third-order valence-electron chi connectivity index (χ3n) is 2.99. The Morgan fingerprint density at radius 2 is 1.78 bits per heavy atom. The molecule has 6 nitrogen and oxygen atoms in total. The number of aromatic hydroxyl groups is 1. The van der Waals surface area contributed by atoms with Crippen LogP contribution >= 0.6 is 15.9 Å². The van der Waals surface area contributed by atoms with Gasteiger partial charge in [-0.05, 0) is 42.5 Å². The van der Waals surface area contributed by atoms with Crippen LogP contribution < -0.4 is 4.74 Å². The van der Waals surface area contributed by atoms with E-state index in [-0.39, 0.29) is 34.3 Å².